The number of H-pyrrole nitrogens is 1. The monoisotopic (exact) mass is 315 g/mol. The van der Waals surface area contributed by atoms with Crippen molar-refractivity contribution in [1.29, 1.82) is 0 Å². The molecule has 0 saturated carbocycles. The number of rotatable bonds is 7. The first-order valence-corrected chi connectivity index (χ1v) is 7.13. The molecule has 1 aliphatic rings. The van der Waals surface area contributed by atoms with Crippen LogP contribution in [0, 0.1) is 0 Å². The summed E-state index contributed by atoms with van der Waals surface area (Å²) in [5, 5.41) is 18.8. The summed E-state index contributed by atoms with van der Waals surface area (Å²) in [7, 11) is 0. The minimum absolute atomic E-state index is 0.0499. The summed E-state index contributed by atoms with van der Waals surface area (Å²) in [6.07, 6.45) is -0.149. The molecule has 9 nitrogen and oxygen atoms in total. The van der Waals surface area contributed by atoms with Crippen molar-refractivity contribution >= 4 is 0 Å². The molecule has 1 aliphatic heterocycles. The maximum atomic E-state index is 11.9. The van der Waals surface area contributed by atoms with Crippen LogP contribution in [0.1, 0.15) is 24.6 Å². The van der Waals surface area contributed by atoms with E-state index in [9.17, 15) is 14.7 Å². The van der Waals surface area contributed by atoms with Crippen molar-refractivity contribution in [2.45, 2.75) is 37.9 Å². The van der Waals surface area contributed by atoms with E-state index in [2.05, 4.69) is 4.98 Å². The Morgan fingerprint density at radius 2 is 2.27 bits per heavy atom. The molecule has 2 rings (SSSR count). The highest BCUT2D eigenvalue weighted by Crippen LogP contribution is 2.27. The zero-order valence-corrected chi connectivity index (χ0v) is 12.1. The van der Waals surface area contributed by atoms with Crippen LogP contribution in [0.2, 0.25) is 0 Å². The smallest absolute Gasteiger partial charge is 0.330 e. The number of nitrogens with two attached hydrogens (primary N) is 1. The van der Waals surface area contributed by atoms with Crippen molar-refractivity contribution in [3.63, 3.8) is 0 Å². The molecule has 0 radical (unpaired) electrons. The lowest BCUT2D eigenvalue weighted by Crippen LogP contribution is -2.34. The van der Waals surface area contributed by atoms with Crippen LogP contribution in [0.15, 0.2) is 15.8 Å². The van der Waals surface area contributed by atoms with E-state index in [1.165, 1.54) is 10.8 Å². The molecule has 22 heavy (non-hydrogen) atoms. The van der Waals surface area contributed by atoms with Gasteiger partial charge in [-0.05, 0) is 13.0 Å². The Morgan fingerprint density at radius 3 is 2.91 bits per heavy atom. The number of aliphatic hydroxyl groups excluding tert-OH is 2. The Kier molecular flexibility index (Phi) is 5.86. The standard InChI is InChI=1S/C13H21N3O6/c14-2-1-3-21-7-8-5-16(13(20)15-12(8)19)11-4-9(18)10(6-17)22-11/h5,9-11,17-18H,1-4,6-7,14H2,(H,15,19,20)/t9-,10+,11+/m0/s1. The van der Waals surface area contributed by atoms with Gasteiger partial charge in [0.25, 0.3) is 5.56 Å². The molecule has 5 N–H and O–H groups in total. The third kappa shape index (κ3) is 3.81. The molecule has 0 aliphatic carbocycles. The van der Waals surface area contributed by atoms with Crippen molar-refractivity contribution in [2.24, 2.45) is 5.73 Å². The van der Waals surface area contributed by atoms with Gasteiger partial charge in [-0.15, -0.1) is 0 Å². The van der Waals surface area contributed by atoms with E-state index in [4.69, 9.17) is 20.3 Å². The number of hydrogen-bond acceptors (Lipinski definition) is 7. The number of hydrogen-bond donors (Lipinski definition) is 4. The van der Waals surface area contributed by atoms with Gasteiger partial charge in [0.15, 0.2) is 0 Å². The first-order valence-electron chi connectivity index (χ1n) is 7.13. The van der Waals surface area contributed by atoms with Crippen molar-refractivity contribution in [1.82, 2.24) is 9.55 Å². The van der Waals surface area contributed by atoms with Gasteiger partial charge in [-0.3, -0.25) is 14.3 Å². The zero-order valence-electron chi connectivity index (χ0n) is 12.1. The second kappa shape index (κ2) is 7.65. The largest absolute Gasteiger partial charge is 0.394 e. The van der Waals surface area contributed by atoms with E-state index in [1.54, 1.807) is 0 Å². The number of aliphatic hydroxyl groups is 2. The average molecular weight is 315 g/mol. The summed E-state index contributed by atoms with van der Waals surface area (Å²) in [6.45, 7) is 0.617. The van der Waals surface area contributed by atoms with Crippen LogP contribution in [-0.4, -0.2) is 51.7 Å². The quantitative estimate of drug-likeness (QED) is 0.428. The van der Waals surface area contributed by atoms with Crippen molar-refractivity contribution < 1.29 is 19.7 Å². The van der Waals surface area contributed by atoms with Crippen LogP contribution >= 0.6 is 0 Å². The molecule has 0 spiro atoms. The van der Waals surface area contributed by atoms with Crippen LogP contribution in [0.5, 0.6) is 0 Å². The first kappa shape index (κ1) is 16.8. The van der Waals surface area contributed by atoms with Crippen LogP contribution in [0.3, 0.4) is 0 Å². The van der Waals surface area contributed by atoms with Crippen LogP contribution in [-0.2, 0) is 16.1 Å². The van der Waals surface area contributed by atoms with E-state index >= 15 is 0 Å². The van der Waals surface area contributed by atoms with E-state index in [1.807, 2.05) is 0 Å². The fourth-order valence-corrected chi connectivity index (χ4v) is 2.26. The van der Waals surface area contributed by atoms with Gasteiger partial charge in [-0.2, -0.15) is 0 Å². The normalized spacial score (nSPS) is 24.8. The van der Waals surface area contributed by atoms with Crippen LogP contribution in [0.4, 0.5) is 0 Å². The number of ether oxygens (including phenoxy) is 2. The van der Waals surface area contributed by atoms with Gasteiger partial charge >= 0.3 is 5.69 Å². The highest BCUT2D eigenvalue weighted by molar-refractivity contribution is 5.04. The van der Waals surface area contributed by atoms with Crippen LogP contribution < -0.4 is 17.0 Å². The Balaban J connectivity index is 2.15. The molecule has 1 aromatic rings. The van der Waals surface area contributed by atoms with E-state index in [0.29, 0.717) is 19.6 Å². The molecule has 0 amide bonds. The predicted octanol–water partition coefficient (Wildman–Crippen LogP) is -1.96. The maximum Gasteiger partial charge on any atom is 0.330 e. The highest BCUT2D eigenvalue weighted by Gasteiger charge is 2.35. The topological polar surface area (TPSA) is 140 Å². The molecule has 3 atom stereocenters. The maximum absolute atomic E-state index is 11.9. The number of nitrogens with zero attached hydrogens (tertiary/aromatic N) is 1. The Labute approximate surface area is 126 Å². The zero-order chi connectivity index (χ0) is 16.1. The van der Waals surface area contributed by atoms with Gasteiger partial charge in [0.2, 0.25) is 0 Å². The van der Waals surface area contributed by atoms with Gasteiger partial charge in [0, 0.05) is 19.2 Å². The second-order valence-electron chi connectivity index (χ2n) is 5.13. The molecule has 1 saturated heterocycles. The minimum Gasteiger partial charge on any atom is -0.394 e. The molecule has 0 aromatic carbocycles. The van der Waals surface area contributed by atoms with E-state index in [-0.39, 0.29) is 25.2 Å². The SMILES string of the molecule is NCCCOCc1cn([C@H]2C[C@H](O)[C@@H](CO)O2)c(=O)[nH]c1=O. The summed E-state index contributed by atoms with van der Waals surface area (Å²) in [5.74, 6) is 0. The third-order valence-corrected chi connectivity index (χ3v) is 3.49. The lowest BCUT2D eigenvalue weighted by atomic mass is 10.2. The van der Waals surface area contributed by atoms with Gasteiger partial charge in [0.1, 0.15) is 12.3 Å². The fourth-order valence-electron chi connectivity index (χ4n) is 2.26. The van der Waals surface area contributed by atoms with E-state index < -0.39 is 29.7 Å². The number of aromatic amines is 1. The minimum atomic E-state index is -0.863. The van der Waals surface area contributed by atoms with Gasteiger partial charge in [-0.1, -0.05) is 0 Å². The number of aromatic nitrogens is 2. The van der Waals surface area contributed by atoms with Gasteiger partial charge in [0.05, 0.1) is 24.9 Å². The summed E-state index contributed by atoms with van der Waals surface area (Å²) >= 11 is 0. The van der Waals surface area contributed by atoms with Crippen molar-refractivity contribution in [3.8, 4) is 0 Å². The average Bonchev–Trinajstić information content (AvgIpc) is 2.86. The molecule has 0 bridgehead atoms. The van der Waals surface area contributed by atoms with Gasteiger partial charge < -0.3 is 25.4 Å². The van der Waals surface area contributed by atoms with Crippen molar-refractivity contribution in [3.05, 3.63) is 32.6 Å². The van der Waals surface area contributed by atoms with Crippen LogP contribution in [0.25, 0.3) is 0 Å². The highest BCUT2D eigenvalue weighted by atomic mass is 16.5. The summed E-state index contributed by atoms with van der Waals surface area (Å²) < 4.78 is 11.9. The Hall–Kier alpha value is -1.52. The molecular weight excluding hydrogens is 294 g/mol. The molecule has 9 heteroatoms. The van der Waals surface area contributed by atoms with E-state index in [0.717, 1.165) is 0 Å². The lowest BCUT2D eigenvalue weighted by molar-refractivity contribution is -0.0461. The lowest BCUT2D eigenvalue weighted by Gasteiger charge is -2.15. The predicted molar refractivity (Wildman–Crippen MR) is 76.3 cm³/mol. The summed E-state index contributed by atoms with van der Waals surface area (Å²) in [6, 6.07) is 0. The Morgan fingerprint density at radius 1 is 1.50 bits per heavy atom. The molecular formula is C13H21N3O6. The first-order chi connectivity index (χ1) is 10.6. The number of nitrogens with one attached hydrogen (secondary N) is 1. The summed E-state index contributed by atoms with van der Waals surface area (Å²) in [5.41, 5.74) is 4.47. The Bertz CT molecular complexity index is 598. The van der Waals surface area contributed by atoms with Crippen molar-refractivity contribution in [2.75, 3.05) is 19.8 Å². The summed E-state index contributed by atoms with van der Waals surface area (Å²) in [4.78, 5) is 25.8. The molecule has 1 fully saturated rings. The molecule has 1 aromatic heterocycles. The second-order valence-corrected chi connectivity index (χ2v) is 5.13. The molecule has 0 unspecified atom stereocenters. The third-order valence-electron chi connectivity index (χ3n) is 3.49. The fraction of sp³-hybridized carbons (Fsp3) is 0.692. The molecule has 124 valence electrons. The molecule has 2 heterocycles. The van der Waals surface area contributed by atoms with Gasteiger partial charge in [-0.25, -0.2) is 4.79 Å².